The van der Waals surface area contributed by atoms with Gasteiger partial charge in [0.1, 0.15) is 0 Å². The van der Waals surface area contributed by atoms with E-state index in [1.165, 1.54) is 56.1 Å². The first kappa shape index (κ1) is 16.8. The summed E-state index contributed by atoms with van der Waals surface area (Å²) in [6, 6.07) is 8.72. The van der Waals surface area contributed by atoms with Crippen LogP contribution in [0.3, 0.4) is 0 Å². The molecule has 0 spiro atoms. The lowest BCUT2D eigenvalue weighted by molar-refractivity contribution is 0.153. The van der Waals surface area contributed by atoms with E-state index in [1.54, 1.807) is 6.08 Å². The molecule has 3 rings (SSSR count). The van der Waals surface area contributed by atoms with Gasteiger partial charge in [-0.15, -0.1) is 6.42 Å². The van der Waals surface area contributed by atoms with Crippen LogP contribution >= 0.6 is 0 Å². The Morgan fingerprint density at radius 1 is 1.12 bits per heavy atom. The van der Waals surface area contributed by atoms with Crippen molar-refractivity contribution in [1.82, 2.24) is 9.80 Å². The minimum absolute atomic E-state index is 1.000. The van der Waals surface area contributed by atoms with Crippen molar-refractivity contribution in [2.45, 2.75) is 12.8 Å². The highest BCUT2D eigenvalue weighted by atomic mass is 15.2. The number of nitrogens with zero attached hydrogens (tertiary/aromatic N) is 3. The van der Waals surface area contributed by atoms with Gasteiger partial charge in [0.2, 0.25) is 0 Å². The summed E-state index contributed by atoms with van der Waals surface area (Å²) in [5.41, 5.74) is 4.12. The van der Waals surface area contributed by atoms with Crippen LogP contribution in [0.2, 0.25) is 0 Å². The Bertz CT molecular complexity index is 645. The summed E-state index contributed by atoms with van der Waals surface area (Å²) in [5.74, 6) is 2.56. The number of rotatable bonds is 5. The molecule has 1 aromatic rings. The highest BCUT2D eigenvalue weighted by Crippen LogP contribution is 2.34. The number of anilines is 1. The zero-order valence-electron chi connectivity index (χ0n) is 14.6. The van der Waals surface area contributed by atoms with Crippen LogP contribution in [0.4, 0.5) is 5.69 Å². The first-order chi connectivity index (χ1) is 11.8. The molecule has 0 amide bonds. The van der Waals surface area contributed by atoms with Gasteiger partial charge in [0.25, 0.3) is 0 Å². The van der Waals surface area contributed by atoms with E-state index in [0.717, 1.165) is 13.0 Å². The van der Waals surface area contributed by atoms with Crippen LogP contribution in [0.15, 0.2) is 48.2 Å². The van der Waals surface area contributed by atoms with Gasteiger partial charge in [0.15, 0.2) is 0 Å². The molecule has 1 fully saturated rings. The van der Waals surface area contributed by atoms with Crippen molar-refractivity contribution in [2.75, 3.05) is 51.2 Å². The predicted octanol–water partition coefficient (Wildman–Crippen LogP) is 2.76. The molecule has 3 heteroatoms. The topological polar surface area (TPSA) is 9.72 Å². The van der Waals surface area contributed by atoms with Crippen molar-refractivity contribution in [1.29, 1.82) is 0 Å². The maximum atomic E-state index is 5.32. The molecule has 0 bridgehead atoms. The molecule has 2 aliphatic heterocycles. The second-order valence-corrected chi connectivity index (χ2v) is 6.64. The summed E-state index contributed by atoms with van der Waals surface area (Å²) in [6.07, 6.45) is 13.4. The summed E-state index contributed by atoms with van der Waals surface area (Å²) >= 11 is 0. The second kappa shape index (κ2) is 8.19. The van der Waals surface area contributed by atoms with E-state index in [1.807, 2.05) is 6.08 Å². The number of piperazine rings is 1. The van der Waals surface area contributed by atoms with E-state index in [4.69, 9.17) is 6.42 Å². The van der Waals surface area contributed by atoms with Crippen molar-refractivity contribution >= 4 is 5.69 Å². The molecule has 2 aliphatic rings. The molecule has 0 N–H and O–H groups in total. The third-order valence-corrected chi connectivity index (χ3v) is 4.93. The van der Waals surface area contributed by atoms with Crippen LogP contribution in [-0.4, -0.2) is 56.1 Å². The number of hydrogen-bond donors (Lipinski definition) is 0. The van der Waals surface area contributed by atoms with Crippen LogP contribution in [0.25, 0.3) is 0 Å². The van der Waals surface area contributed by atoms with Gasteiger partial charge in [-0.2, -0.15) is 0 Å². The number of terminal acetylenes is 1. The maximum Gasteiger partial charge on any atom is 0.0444 e. The van der Waals surface area contributed by atoms with E-state index < -0.39 is 0 Å². The Labute approximate surface area is 146 Å². The summed E-state index contributed by atoms with van der Waals surface area (Å²) in [6.45, 7) is 7.02. The molecule has 24 heavy (non-hydrogen) atoms. The fourth-order valence-electron chi connectivity index (χ4n) is 3.52. The molecule has 3 nitrogen and oxygen atoms in total. The smallest absolute Gasteiger partial charge is 0.0444 e. The fraction of sp³-hybridized carbons (Fsp3) is 0.429. The fourth-order valence-corrected chi connectivity index (χ4v) is 3.52. The number of hydrogen-bond acceptors (Lipinski definition) is 3. The first-order valence-corrected chi connectivity index (χ1v) is 8.86. The molecule has 0 aromatic heterocycles. The Hall–Kier alpha value is -2.02. The van der Waals surface area contributed by atoms with E-state index in [-0.39, 0.29) is 0 Å². The van der Waals surface area contributed by atoms with E-state index >= 15 is 0 Å². The third-order valence-electron chi connectivity index (χ3n) is 4.93. The van der Waals surface area contributed by atoms with Gasteiger partial charge < -0.3 is 14.7 Å². The van der Waals surface area contributed by atoms with E-state index in [9.17, 15) is 0 Å². The molecule has 1 saturated heterocycles. The standard InChI is InChI=1S/C21H27N3/c1-3-4-5-10-20-18-19-9-6-7-11-21(19)24(20)13-8-12-23-16-14-22(2)15-17-23/h1,4-7,9-11H,8,12-18H2,2H3. The number of benzene rings is 1. The van der Waals surface area contributed by atoms with Crippen LogP contribution in [0.5, 0.6) is 0 Å². The van der Waals surface area contributed by atoms with Crippen molar-refractivity contribution in [3.05, 3.63) is 53.8 Å². The molecule has 0 radical (unpaired) electrons. The van der Waals surface area contributed by atoms with Gasteiger partial charge in [-0.25, -0.2) is 0 Å². The number of likely N-dealkylation sites (N-methyl/N-ethyl adjacent to an activating group) is 1. The van der Waals surface area contributed by atoms with E-state index in [0.29, 0.717) is 0 Å². The lowest BCUT2D eigenvalue weighted by atomic mass is 10.1. The molecule has 0 atom stereocenters. The number of fused-ring (bicyclic) bond motifs is 1. The second-order valence-electron chi connectivity index (χ2n) is 6.64. The van der Waals surface area contributed by atoms with Crippen LogP contribution in [0, 0.1) is 12.3 Å². The molecule has 1 aromatic carbocycles. The SMILES string of the molecule is C#CC=CC=C1Cc2ccccc2N1CCCN1CCN(C)CC1. The van der Waals surface area contributed by atoms with Crippen molar-refractivity contribution < 1.29 is 0 Å². The molecule has 0 saturated carbocycles. The van der Waals surface area contributed by atoms with Crippen LogP contribution < -0.4 is 4.90 Å². The highest BCUT2D eigenvalue weighted by molar-refractivity contribution is 5.65. The van der Waals surface area contributed by atoms with Gasteiger partial charge in [-0.05, 0) is 43.8 Å². The Kier molecular flexibility index (Phi) is 5.74. The van der Waals surface area contributed by atoms with Crippen molar-refractivity contribution in [2.24, 2.45) is 0 Å². The summed E-state index contributed by atoms with van der Waals surface area (Å²) < 4.78 is 0. The minimum Gasteiger partial charge on any atom is -0.344 e. The van der Waals surface area contributed by atoms with Crippen molar-refractivity contribution in [3.63, 3.8) is 0 Å². The Morgan fingerprint density at radius 2 is 1.92 bits per heavy atom. The van der Waals surface area contributed by atoms with Gasteiger partial charge in [0.05, 0.1) is 0 Å². The molecule has 2 heterocycles. The quantitative estimate of drug-likeness (QED) is 0.772. The average molecular weight is 321 g/mol. The van der Waals surface area contributed by atoms with Gasteiger partial charge in [0, 0.05) is 50.5 Å². The lowest BCUT2D eigenvalue weighted by Gasteiger charge is -2.33. The predicted molar refractivity (Wildman–Crippen MR) is 102 cm³/mol. The van der Waals surface area contributed by atoms with Crippen LogP contribution in [-0.2, 0) is 6.42 Å². The summed E-state index contributed by atoms with van der Waals surface area (Å²) in [7, 11) is 2.21. The molecular weight excluding hydrogens is 294 g/mol. The van der Waals surface area contributed by atoms with Gasteiger partial charge in [-0.1, -0.05) is 30.2 Å². The zero-order valence-corrected chi connectivity index (χ0v) is 14.6. The largest absolute Gasteiger partial charge is 0.344 e. The normalized spacial score (nSPS) is 20.7. The van der Waals surface area contributed by atoms with E-state index in [2.05, 4.69) is 58.0 Å². The van der Waals surface area contributed by atoms with Crippen molar-refractivity contribution in [3.8, 4) is 12.3 Å². The molecule has 0 aliphatic carbocycles. The zero-order chi connectivity index (χ0) is 16.8. The number of para-hydroxylation sites is 1. The number of allylic oxidation sites excluding steroid dienone is 4. The minimum atomic E-state index is 1.000. The first-order valence-electron chi connectivity index (χ1n) is 8.86. The van der Waals surface area contributed by atoms with Gasteiger partial charge in [-0.3, -0.25) is 0 Å². The van der Waals surface area contributed by atoms with Crippen LogP contribution in [0.1, 0.15) is 12.0 Å². The van der Waals surface area contributed by atoms with Gasteiger partial charge >= 0.3 is 0 Å². The maximum absolute atomic E-state index is 5.32. The Morgan fingerprint density at radius 3 is 2.71 bits per heavy atom. The molecule has 126 valence electrons. The summed E-state index contributed by atoms with van der Waals surface area (Å²) in [5, 5.41) is 0. The molecule has 0 unspecified atom stereocenters. The molecular formula is C21H27N3. The monoisotopic (exact) mass is 321 g/mol. The summed E-state index contributed by atoms with van der Waals surface area (Å²) in [4.78, 5) is 7.46. The highest BCUT2D eigenvalue weighted by Gasteiger charge is 2.23. The lowest BCUT2D eigenvalue weighted by Crippen LogP contribution is -2.45. The Balaban J connectivity index is 1.61. The third kappa shape index (κ3) is 4.08. The average Bonchev–Trinajstić information content (AvgIpc) is 2.95.